The van der Waals surface area contributed by atoms with E-state index in [1.807, 2.05) is 6.92 Å². The third-order valence-corrected chi connectivity index (χ3v) is 5.28. The van der Waals surface area contributed by atoms with E-state index in [0.29, 0.717) is 5.56 Å². The molecule has 1 aromatic carbocycles. The van der Waals surface area contributed by atoms with Crippen molar-refractivity contribution in [2.24, 2.45) is 10.8 Å². The molecular weight excluding hydrogens is 257 g/mol. The maximum absolute atomic E-state index is 14.1. The summed E-state index contributed by atoms with van der Waals surface area (Å²) >= 11 is 0. The number of imide groups is 1. The van der Waals surface area contributed by atoms with Crippen molar-refractivity contribution in [1.82, 2.24) is 5.32 Å². The fraction of sp³-hybridized carbons (Fsp3) is 0.500. The van der Waals surface area contributed by atoms with Gasteiger partial charge in [0.1, 0.15) is 5.82 Å². The lowest BCUT2D eigenvalue weighted by atomic mass is 9.60. The van der Waals surface area contributed by atoms with Crippen LogP contribution in [0.2, 0.25) is 0 Å². The Hall–Kier alpha value is -1.71. The summed E-state index contributed by atoms with van der Waals surface area (Å²) in [4.78, 5) is 24.1. The first-order valence-electron chi connectivity index (χ1n) is 6.95. The maximum atomic E-state index is 14.1. The molecule has 2 aliphatic rings. The van der Waals surface area contributed by atoms with Crippen molar-refractivity contribution >= 4 is 11.8 Å². The molecule has 0 aromatic heterocycles. The van der Waals surface area contributed by atoms with E-state index in [4.69, 9.17) is 0 Å². The number of carbonyl (C=O) groups is 2. The Labute approximate surface area is 117 Å². The van der Waals surface area contributed by atoms with Gasteiger partial charge in [0.05, 0.1) is 5.92 Å². The number of piperidine rings is 1. The molecule has 1 aliphatic carbocycles. The van der Waals surface area contributed by atoms with Gasteiger partial charge >= 0.3 is 0 Å². The molecule has 1 saturated heterocycles. The molecule has 1 heterocycles. The van der Waals surface area contributed by atoms with Gasteiger partial charge in [-0.2, -0.15) is 0 Å². The Balaban J connectivity index is 2.12. The van der Waals surface area contributed by atoms with Crippen molar-refractivity contribution in [2.45, 2.75) is 39.0 Å². The molecule has 0 spiro atoms. The van der Waals surface area contributed by atoms with Crippen LogP contribution < -0.4 is 5.32 Å². The number of hydrogen-bond acceptors (Lipinski definition) is 2. The average Bonchev–Trinajstić information content (AvgIpc) is 3.10. The van der Waals surface area contributed by atoms with Gasteiger partial charge in [0.25, 0.3) is 0 Å². The van der Waals surface area contributed by atoms with Crippen LogP contribution in [0.3, 0.4) is 0 Å². The van der Waals surface area contributed by atoms with E-state index < -0.39 is 11.3 Å². The van der Waals surface area contributed by atoms with Gasteiger partial charge in [-0.3, -0.25) is 14.9 Å². The van der Waals surface area contributed by atoms with E-state index in [1.165, 1.54) is 6.07 Å². The van der Waals surface area contributed by atoms with Crippen LogP contribution in [0.25, 0.3) is 0 Å². The first-order chi connectivity index (χ1) is 9.37. The molecule has 0 radical (unpaired) electrons. The topological polar surface area (TPSA) is 46.2 Å². The highest BCUT2D eigenvalue weighted by Crippen LogP contribution is 2.65. The van der Waals surface area contributed by atoms with Crippen LogP contribution >= 0.6 is 0 Å². The molecule has 4 heteroatoms. The summed E-state index contributed by atoms with van der Waals surface area (Å²) in [6, 6.07) is 6.37. The van der Waals surface area contributed by atoms with Gasteiger partial charge in [-0.25, -0.2) is 4.39 Å². The fourth-order valence-corrected chi connectivity index (χ4v) is 3.49. The molecule has 1 aliphatic heterocycles. The SMILES string of the molecule is CC1(C2(C)CC(=O)NC(=O)C2c2ccccc2F)CC1. The standard InChI is InChI=1S/C16H18FNO2/c1-15(7-8-15)16(2)9-12(19)18-14(20)13(16)10-5-3-4-6-11(10)17/h3-6,13H,7-9H2,1-2H3,(H,18,19,20). The predicted octanol–water partition coefficient (Wildman–Crippen LogP) is 2.76. The zero-order valence-corrected chi connectivity index (χ0v) is 11.7. The van der Waals surface area contributed by atoms with E-state index in [0.717, 1.165) is 12.8 Å². The number of amides is 2. The van der Waals surface area contributed by atoms with E-state index in [9.17, 15) is 14.0 Å². The van der Waals surface area contributed by atoms with Crippen molar-refractivity contribution in [3.05, 3.63) is 35.6 Å². The zero-order chi connectivity index (χ0) is 14.5. The summed E-state index contributed by atoms with van der Waals surface area (Å²) < 4.78 is 14.1. The largest absolute Gasteiger partial charge is 0.296 e. The molecule has 20 heavy (non-hydrogen) atoms. The Morgan fingerprint density at radius 3 is 2.45 bits per heavy atom. The Bertz CT molecular complexity index is 594. The number of rotatable bonds is 2. The molecule has 2 atom stereocenters. The normalized spacial score (nSPS) is 31.9. The third-order valence-electron chi connectivity index (χ3n) is 5.28. The Kier molecular flexibility index (Phi) is 2.75. The molecule has 0 bridgehead atoms. The van der Waals surface area contributed by atoms with E-state index >= 15 is 0 Å². The van der Waals surface area contributed by atoms with Crippen LogP contribution in [0.15, 0.2) is 24.3 Å². The quantitative estimate of drug-likeness (QED) is 0.844. The smallest absolute Gasteiger partial charge is 0.234 e. The van der Waals surface area contributed by atoms with Gasteiger partial charge in [-0.15, -0.1) is 0 Å². The highest BCUT2D eigenvalue weighted by Gasteiger charge is 2.61. The molecule has 1 saturated carbocycles. The zero-order valence-electron chi connectivity index (χ0n) is 11.7. The molecular formula is C16H18FNO2. The lowest BCUT2D eigenvalue weighted by molar-refractivity contribution is -0.142. The number of benzene rings is 1. The van der Waals surface area contributed by atoms with Gasteiger partial charge in [-0.1, -0.05) is 32.0 Å². The lowest BCUT2D eigenvalue weighted by Gasteiger charge is -2.45. The monoisotopic (exact) mass is 275 g/mol. The molecule has 2 fully saturated rings. The molecule has 3 nitrogen and oxygen atoms in total. The van der Waals surface area contributed by atoms with E-state index in [1.54, 1.807) is 18.2 Å². The highest BCUT2D eigenvalue weighted by atomic mass is 19.1. The summed E-state index contributed by atoms with van der Waals surface area (Å²) in [6.45, 7) is 4.04. The minimum absolute atomic E-state index is 0.0621. The average molecular weight is 275 g/mol. The predicted molar refractivity (Wildman–Crippen MR) is 72.4 cm³/mol. The van der Waals surface area contributed by atoms with Gasteiger partial charge in [0, 0.05) is 12.0 Å². The van der Waals surface area contributed by atoms with Crippen LogP contribution in [0.4, 0.5) is 4.39 Å². The highest BCUT2D eigenvalue weighted by molar-refractivity contribution is 6.02. The summed E-state index contributed by atoms with van der Waals surface area (Å²) in [7, 11) is 0. The van der Waals surface area contributed by atoms with Crippen LogP contribution in [0.1, 0.15) is 44.6 Å². The Morgan fingerprint density at radius 2 is 1.85 bits per heavy atom. The lowest BCUT2D eigenvalue weighted by Crippen LogP contribution is -2.52. The molecule has 3 rings (SSSR count). The van der Waals surface area contributed by atoms with Crippen LogP contribution in [0, 0.1) is 16.6 Å². The number of hydrogen-bond donors (Lipinski definition) is 1. The number of carbonyl (C=O) groups excluding carboxylic acids is 2. The summed E-state index contributed by atoms with van der Waals surface area (Å²) in [5.74, 6) is -1.61. The molecule has 2 unspecified atom stereocenters. The van der Waals surface area contributed by atoms with Gasteiger partial charge in [0.15, 0.2) is 0 Å². The molecule has 1 N–H and O–H groups in total. The molecule has 1 aromatic rings. The maximum Gasteiger partial charge on any atom is 0.234 e. The summed E-state index contributed by atoms with van der Waals surface area (Å²) in [5.41, 5.74) is -0.185. The van der Waals surface area contributed by atoms with Crippen LogP contribution in [0.5, 0.6) is 0 Å². The second-order valence-corrected chi connectivity index (χ2v) is 6.52. The second kappa shape index (κ2) is 4.14. The first-order valence-corrected chi connectivity index (χ1v) is 6.95. The van der Waals surface area contributed by atoms with Crippen molar-refractivity contribution in [3.8, 4) is 0 Å². The van der Waals surface area contributed by atoms with Crippen LogP contribution in [-0.2, 0) is 9.59 Å². The van der Waals surface area contributed by atoms with Gasteiger partial charge in [0.2, 0.25) is 11.8 Å². The van der Waals surface area contributed by atoms with E-state index in [-0.39, 0.29) is 29.5 Å². The van der Waals surface area contributed by atoms with Gasteiger partial charge in [-0.05, 0) is 29.7 Å². The minimum Gasteiger partial charge on any atom is -0.296 e. The third kappa shape index (κ3) is 1.78. The molecule has 106 valence electrons. The second-order valence-electron chi connectivity index (χ2n) is 6.52. The van der Waals surface area contributed by atoms with Crippen molar-refractivity contribution < 1.29 is 14.0 Å². The minimum atomic E-state index is -0.603. The van der Waals surface area contributed by atoms with Crippen molar-refractivity contribution in [2.75, 3.05) is 0 Å². The first kappa shape index (κ1) is 13.3. The number of nitrogens with one attached hydrogen (secondary N) is 1. The fourth-order valence-electron chi connectivity index (χ4n) is 3.49. The summed E-state index contributed by atoms with van der Waals surface area (Å²) in [5, 5.41) is 2.37. The van der Waals surface area contributed by atoms with Crippen LogP contribution in [-0.4, -0.2) is 11.8 Å². The molecule has 2 amide bonds. The summed E-state index contributed by atoms with van der Waals surface area (Å²) in [6.07, 6.45) is 2.23. The van der Waals surface area contributed by atoms with Crippen molar-refractivity contribution in [3.63, 3.8) is 0 Å². The van der Waals surface area contributed by atoms with Gasteiger partial charge < -0.3 is 0 Å². The van der Waals surface area contributed by atoms with Crippen molar-refractivity contribution in [1.29, 1.82) is 0 Å². The number of halogens is 1. The Morgan fingerprint density at radius 1 is 1.20 bits per heavy atom. The van der Waals surface area contributed by atoms with E-state index in [2.05, 4.69) is 12.2 Å².